The van der Waals surface area contributed by atoms with Gasteiger partial charge in [-0.1, -0.05) is 20.3 Å². The molecular formula is C21H36N6O4Si2. The van der Waals surface area contributed by atoms with Gasteiger partial charge in [-0.2, -0.15) is 15.0 Å². The van der Waals surface area contributed by atoms with Gasteiger partial charge in [-0.05, 0) is 56.9 Å². The Hall–Kier alpha value is -2.55. The molecule has 33 heavy (non-hydrogen) atoms. The summed E-state index contributed by atoms with van der Waals surface area (Å²) >= 11 is 0. The number of hydrogen-bond donors (Lipinski definition) is 4. The van der Waals surface area contributed by atoms with E-state index in [1.807, 2.05) is 13.8 Å². The minimum absolute atomic E-state index is 0.0566. The summed E-state index contributed by atoms with van der Waals surface area (Å²) in [5.74, 6) is 0.266. The van der Waals surface area contributed by atoms with Crippen molar-refractivity contribution in [3.63, 3.8) is 0 Å². The molecule has 0 fully saturated rings. The maximum atomic E-state index is 12.0. The van der Waals surface area contributed by atoms with Crippen LogP contribution >= 0.6 is 0 Å². The summed E-state index contributed by atoms with van der Waals surface area (Å²) in [7, 11) is -4.73. The molecule has 1 aromatic carbocycles. The minimum Gasteiger partial charge on any atom is -0.462 e. The Morgan fingerprint density at radius 1 is 1.12 bits per heavy atom. The van der Waals surface area contributed by atoms with E-state index in [0.717, 1.165) is 12.8 Å². The molecule has 0 aliphatic carbocycles. The average Bonchev–Trinajstić information content (AvgIpc) is 2.70. The van der Waals surface area contributed by atoms with Crippen molar-refractivity contribution in [1.29, 1.82) is 0 Å². The van der Waals surface area contributed by atoms with Crippen molar-refractivity contribution in [2.45, 2.75) is 58.4 Å². The van der Waals surface area contributed by atoms with E-state index in [2.05, 4.69) is 45.2 Å². The molecule has 1 aromatic heterocycles. The molecule has 0 aliphatic heterocycles. The van der Waals surface area contributed by atoms with Gasteiger partial charge in [-0.3, -0.25) is 0 Å². The van der Waals surface area contributed by atoms with Crippen LogP contribution in [-0.2, 0) is 8.85 Å². The molecule has 0 amide bonds. The molecule has 0 bridgehead atoms. The predicted molar refractivity (Wildman–Crippen MR) is 135 cm³/mol. The Morgan fingerprint density at radius 3 is 2.36 bits per heavy atom. The third-order valence-corrected chi connectivity index (χ3v) is 10.9. The molecule has 2 unspecified atom stereocenters. The number of rotatable bonds is 12. The number of nitrogens with one attached hydrogen (secondary N) is 2. The number of carbonyl (C=O) groups excluding carboxylic acids is 1. The number of ether oxygens (including phenoxy) is 1. The molecule has 0 radical (unpaired) electrons. The smallest absolute Gasteiger partial charge is 0.338 e. The highest BCUT2D eigenvalue weighted by Gasteiger charge is 2.38. The van der Waals surface area contributed by atoms with Gasteiger partial charge in [0.1, 0.15) is 0 Å². The highest BCUT2D eigenvalue weighted by molar-refractivity contribution is 6.82. The lowest BCUT2D eigenvalue weighted by molar-refractivity contribution is 0.0499. The largest absolute Gasteiger partial charge is 0.462 e. The van der Waals surface area contributed by atoms with Crippen LogP contribution in [0.5, 0.6) is 0 Å². The molecule has 2 rings (SSSR count). The number of nitrogens with zero attached hydrogens (tertiary/aromatic N) is 3. The molecule has 0 saturated heterocycles. The fourth-order valence-corrected chi connectivity index (χ4v) is 9.14. The first-order valence-electron chi connectivity index (χ1n) is 11.1. The Bertz CT molecular complexity index is 922. The Morgan fingerprint density at radius 2 is 1.76 bits per heavy atom. The van der Waals surface area contributed by atoms with E-state index in [-0.39, 0.29) is 23.4 Å². The van der Waals surface area contributed by atoms with Gasteiger partial charge >= 0.3 is 14.5 Å². The number of esters is 1. The number of anilines is 4. The fourth-order valence-electron chi connectivity index (χ4n) is 2.89. The Labute approximate surface area is 197 Å². The third-order valence-electron chi connectivity index (χ3n) is 4.75. The summed E-state index contributed by atoms with van der Waals surface area (Å²) in [4.78, 5) is 35.4. The molecule has 0 saturated carbocycles. The van der Waals surface area contributed by atoms with Crippen molar-refractivity contribution < 1.29 is 18.4 Å². The number of nitrogen functional groups attached to an aromatic ring is 1. The molecule has 5 N–H and O–H groups in total. The highest BCUT2D eigenvalue weighted by Crippen LogP contribution is 2.24. The monoisotopic (exact) mass is 492 g/mol. The van der Waals surface area contributed by atoms with Crippen molar-refractivity contribution in [3.8, 4) is 0 Å². The molecule has 2 atom stereocenters. The first-order valence-corrected chi connectivity index (χ1v) is 17.0. The van der Waals surface area contributed by atoms with Crippen LogP contribution in [0.3, 0.4) is 0 Å². The predicted octanol–water partition coefficient (Wildman–Crippen LogP) is 3.87. The van der Waals surface area contributed by atoms with Crippen molar-refractivity contribution in [1.82, 2.24) is 15.0 Å². The van der Waals surface area contributed by atoms with Crippen LogP contribution in [0.1, 0.15) is 37.0 Å². The summed E-state index contributed by atoms with van der Waals surface area (Å²) in [5, 5.41) is 6.18. The zero-order chi connectivity index (χ0) is 24.6. The Kier molecular flexibility index (Phi) is 9.34. The molecule has 2 aromatic rings. The van der Waals surface area contributed by atoms with Crippen LogP contribution in [0.2, 0.25) is 31.7 Å². The fraction of sp³-hybridized carbons (Fsp3) is 0.524. The maximum absolute atomic E-state index is 12.0. The van der Waals surface area contributed by atoms with Gasteiger partial charge in [0.15, 0.2) is 8.32 Å². The van der Waals surface area contributed by atoms with Gasteiger partial charge in [0.2, 0.25) is 17.8 Å². The first-order chi connectivity index (χ1) is 15.4. The van der Waals surface area contributed by atoms with E-state index in [1.54, 1.807) is 30.8 Å². The van der Waals surface area contributed by atoms with Crippen LogP contribution in [0, 0.1) is 0 Å². The number of carbonyl (C=O) groups is 1. The van der Waals surface area contributed by atoms with E-state index < -0.39 is 16.9 Å². The van der Waals surface area contributed by atoms with Crippen molar-refractivity contribution in [2.75, 3.05) is 29.5 Å². The van der Waals surface area contributed by atoms with Crippen LogP contribution in [-0.4, -0.2) is 55.7 Å². The third kappa shape index (κ3) is 9.08. The molecule has 1 heterocycles. The zero-order valence-corrected chi connectivity index (χ0v) is 22.3. The molecule has 12 heteroatoms. The molecule has 10 nitrogen and oxygen atoms in total. The van der Waals surface area contributed by atoms with Crippen molar-refractivity contribution in [3.05, 3.63) is 29.8 Å². The van der Waals surface area contributed by atoms with Gasteiger partial charge in [0, 0.05) is 17.8 Å². The normalized spacial score (nSPS) is 14.3. The summed E-state index contributed by atoms with van der Waals surface area (Å²) in [5.41, 5.74) is 6.91. The second-order valence-corrected chi connectivity index (χ2v) is 17.2. The summed E-state index contributed by atoms with van der Waals surface area (Å²) in [6, 6.07) is 6.82. The lowest BCUT2D eigenvalue weighted by atomic mass is 10.2. The van der Waals surface area contributed by atoms with Gasteiger partial charge in [0.25, 0.3) is 0 Å². The lowest BCUT2D eigenvalue weighted by Gasteiger charge is -2.33. The van der Waals surface area contributed by atoms with Gasteiger partial charge in [-0.25, -0.2) is 4.79 Å². The molecule has 0 aliphatic rings. The molecule has 182 valence electrons. The van der Waals surface area contributed by atoms with E-state index in [0.29, 0.717) is 30.4 Å². The van der Waals surface area contributed by atoms with Crippen molar-refractivity contribution in [2.24, 2.45) is 0 Å². The molecular weight excluding hydrogens is 456 g/mol. The van der Waals surface area contributed by atoms with Gasteiger partial charge in [0.05, 0.1) is 12.2 Å². The minimum atomic E-state index is -2.87. The second kappa shape index (κ2) is 11.5. The summed E-state index contributed by atoms with van der Waals surface area (Å²) < 4.78 is 11.2. The number of aromatic nitrogens is 3. The van der Waals surface area contributed by atoms with Crippen molar-refractivity contribution >= 4 is 46.4 Å². The van der Waals surface area contributed by atoms with Crippen LogP contribution in [0.4, 0.5) is 23.5 Å². The van der Waals surface area contributed by atoms with E-state index in [4.69, 9.17) is 14.6 Å². The SMILES string of the molecule is CCCCOC(=O)c1ccc(Nc2nc(N)nc(NCC(C)[Si](C)(O)O[Si](C)(C)C)n2)cc1. The van der Waals surface area contributed by atoms with Crippen LogP contribution in [0.25, 0.3) is 0 Å². The number of benzene rings is 1. The number of unbranched alkanes of at least 4 members (excludes halogenated alkanes) is 1. The van der Waals surface area contributed by atoms with E-state index in [1.165, 1.54) is 0 Å². The summed E-state index contributed by atoms with van der Waals surface area (Å²) in [6.45, 7) is 12.8. The Balaban J connectivity index is 2.00. The van der Waals surface area contributed by atoms with Gasteiger partial charge in [-0.15, -0.1) is 0 Å². The standard InChI is InChI=1S/C21H36N6O4Si2/c1-7-8-13-30-18(28)16-9-11-17(12-10-16)24-21-26-19(22)25-20(27-21)23-14-15(2)33(6,29)31-32(3,4)5/h9-12,15,29H,7-8,13-14H2,1-6H3,(H4,22,23,24,25,26,27). The zero-order valence-electron chi connectivity index (χ0n) is 20.3. The number of hydrogen-bond acceptors (Lipinski definition) is 10. The van der Waals surface area contributed by atoms with E-state index in [9.17, 15) is 9.59 Å². The first kappa shape index (κ1) is 26.7. The summed E-state index contributed by atoms with van der Waals surface area (Å²) in [6.07, 6.45) is 1.81. The van der Waals surface area contributed by atoms with Gasteiger partial charge < -0.3 is 30.0 Å². The molecule has 0 spiro atoms. The van der Waals surface area contributed by atoms with Crippen LogP contribution < -0.4 is 16.4 Å². The highest BCUT2D eigenvalue weighted by atomic mass is 28.4. The van der Waals surface area contributed by atoms with E-state index >= 15 is 0 Å². The second-order valence-electron chi connectivity index (χ2n) is 9.08. The lowest BCUT2D eigenvalue weighted by Crippen LogP contribution is -2.49. The number of nitrogens with two attached hydrogens (primary N) is 1. The quantitative estimate of drug-likeness (QED) is 0.196. The average molecular weight is 493 g/mol. The topological polar surface area (TPSA) is 145 Å². The maximum Gasteiger partial charge on any atom is 0.338 e. The van der Waals surface area contributed by atoms with Crippen LogP contribution in [0.15, 0.2) is 24.3 Å².